The average molecular weight is 192 g/mol. The molecule has 0 amide bonds. The second-order valence-electron chi connectivity index (χ2n) is 4.11. The molecule has 1 aromatic rings. The summed E-state index contributed by atoms with van der Waals surface area (Å²) in [5.41, 5.74) is 1.01. The number of ketones is 1. The smallest absolute Gasteiger partial charge is 0.140 e. The Hall–Kier alpha value is -1.05. The van der Waals surface area contributed by atoms with Gasteiger partial charge in [0.2, 0.25) is 0 Å². The van der Waals surface area contributed by atoms with E-state index in [1.807, 2.05) is 6.07 Å². The first-order valence-electron chi connectivity index (χ1n) is 5.40. The molecule has 0 aromatic carbocycles. The molecule has 1 fully saturated rings. The highest BCUT2D eigenvalue weighted by Gasteiger charge is 2.20. The van der Waals surface area contributed by atoms with Crippen LogP contribution in [0.25, 0.3) is 0 Å². The van der Waals surface area contributed by atoms with Gasteiger partial charge in [-0.1, -0.05) is 19.3 Å². The summed E-state index contributed by atoms with van der Waals surface area (Å²) < 4.78 is 4.95. The highest BCUT2D eigenvalue weighted by atomic mass is 16.3. The molecule has 0 unspecified atom stereocenters. The summed E-state index contributed by atoms with van der Waals surface area (Å²) in [5, 5.41) is 0. The average Bonchev–Trinajstić information content (AvgIpc) is 2.72. The molecule has 1 heterocycles. The molecule has 0 saturated heterocycles. The molecule has 1 aromatic heterocycles. The van der Waals surface area contributed by atoms with Crippen molar-refractivity contribution in [3.63, 3.8) is 0 Å². The minimum Gasteiger partial charge on any atom is -0.472 e. The monoisotopic (exact) mass is 192 g/mol. The van der Waals surface area contributed by atoms with Gasteiger partial charge in [-0.3, -0.25) is 4.79 Å². The van der Waals surface area contributed by atoms with Gasteiger partial charge in [0.05, 0.1) is 12.5 Å². The second kappa shape index (κ2) is 4.45. The molecule has 1 aliphatic rings. The van der Waals surface area contributed by atoms with Gasteiger partial charge in [0.1, 0.15) is 5.78 Å². The Balaban J connectivity index is 1.88. The maximum absolute atomic E-state index is 11.8. The molecule has 0 N–H and O–H groups in total. The van der Waals surface area contributed by atoms with Crippen molar-refractivity contribution in [2.75, 3.05) is 0 Å². The molecule has 14 heavy (non-hydrogen) atoms. The minimum atomic E-state index is 0.318. The van der Waals surface area contributed by atoms with E-state index < -0.39 is 0 Å². The number of hydrogen-bond donors (Lipinski definition) is 0. The van der Waals surface area contributed by atoms with E-state index in [0.717, 1.165) is 18.4 Å². The fraction of sp³-hybridized carbons (Fsp3) is 0.583. The molecule has 0 aliphatic heterocycles. The van der Waals surface area contributed by atoms with Crippen molar-refractivity contribution >= 4 is 5.78 Å². The van der Waals surface area contributed by atoms with Crippen molar-refractivity contribution < 1.29 is 9.21 Å². The predicted molar refractivity (Wildman–Crippen MR) is 54.0 cm³/mol. The van der Waals surface area contributed by atoms with E-state index in [0.29, 0.717) is 18.1 Å². The van der Waals surface area contributed by atoms with E-state index in [-0.39, 0.29) is 0 Å². The van der Waals surface area contributed by atoms with Crippen molar-refractivity contribution in [1.29, 1.82) is 0 Å². The van der Waals surface area contributed by atoms with Gasteiger partial charge in [-0.25, -0.2) is 0 Å². The lowest BCUT2D eigenvalue weighted by atomic mass is 9.84. The number of hydrogen-bond acceptors (Lipinski definition) is 2. The summed E-state index contributed by atoms with van der Waals surface area (Å²) in [7, 11) is 0. The van der Waals surface area contributed by atoms with Gasteiger partial charge < -0.3 is 4.42 Å². The van der Waals surface area contributed by atoms with Gasteiger partial charge in [0.15, 0.2) is 0 Å². The predicted octanol–water partition coefficient (Wildman–Crippen LogP) is 2.97. The molecule has 0 bridgehead atoms. The van der Waals surface area contributed by atoms with Crippen LogP contribution in [0.4, 0.5) is 0 Å². The molecule has 2 rings (SSSR count). The zero-order valence-corrected chi connectivity index (χ0v) is 8.37. The van der Waals surface area contributed by atoms with Crippen LogP contribution in [0.3, 0.4) is 0 Å². The van der Waals surface area contributed by atoms with Crippen molar-refractivity contribution in [3.05, 3.63) is 24.2 Å². The van der Waals surface area contributed by atoms with Gasteiger partial charge in [-0.05, 0) is 24.5 Å². The first-order chi connectivity index (χ1) is 6.86. The van der Waals surface area contributed by atoms with Crippen LogP contribution in [0.2, 0.25) is 0 Å². The highest BCUT2D eigenvalue weighted by Crippen LogP contribution is 2.25. The SMILES string of the molecule is O=C(Cc1ccoc1)C1CCCCC1. The van der Waals surface area contributed by atoms with Gasteiger partial charge in [-0.15, -0.1) is 0 Å². The van der Waals surface area contributed by atoms with Crippen molar-refractivity contribution in [2.24, 2.45) is 5.92 Å². The summed E-state index contributed by atoms with van der Waals surface area (Å²) in [6.45, 7) is 0. The lowest BCUT2D eigenvalue weighted by Crippen LogP contribution is -2.19. The first kappa shape index (κ1) is 9.50. The third-order valence-corrected chi connectivity index (χ3v) is 3.02. The normalized spacial score (nSPS) is 18.3. The second-order valence-corrected chi connectivity index (χ2v) is 4.11. The van der Waals surface area contributed by atoms with Crippen LogP contribution in [0.5, 0.6) is 0 Å². The molecule has 0 spiro atoms. The Labute approximate surface area is 84.3 Å². The Morgan fingerprint density at radius 1 is 1.36 bits per heavy atom. The van der Waals surface area contributed by atoms with Crippen LogP contribution in [0.15, 0.2) is 23.0 Å². The van der Waals surface area contributed by atoms with E-state index in [2.05, 4.69) is 0 Å². The lowest BCUT2D eigenvalue weighted by molar-refractivity contribution is -0.123. The zero-order chi connectivity index (χ0) is 9.80. The van der Waals surface area contributed by atoms with Crippen molar-refractivity contribution in [1.82, 2.24) is 0 Å². The zero-order valence-electron chi connectivity index (χ0n) is 8.37. The summed E-state index contributed by atoms with van der Waals surface area (Å²) in [4.78, 5) is 11.8. The van der Waals surface area contributed by atoms with Crippen LogP contribution in [0, 0.1) is 5.92 Å². The lowest BCUT2D eigenvalue weighted by Gasteiger charge is -2.19. The number of carbonyl (C=O) groups is 1. The minimum absolute atomic E-state index is 0.318. The topological polar surface area (TPSA) is 30.2 Å². The Bertz CT molecular complexity index is 281. The molecule has 76 valence electrons. The molecule has 0 radical (unpaired) electrons. The maximum atomic E-state index is 11.8. The summed E-state index contributed by atoms with van der Waals surface area (Å²) in [6.07, 6.45) is 9.79. The summed E-state index contributed by atoms with van der Waals surface area (Å²) in [6, 6.07) is 1.88. The number of Topliss-reactive ketones (excluding diaryl/α,β-unsaturated/α-hetero) is 1. The summed E-state index contributed by atoms with van der Waals surface area (Å²) in [5.74, 6) is 0.713. The largest absolute Gasteiger partial charge is 0.472 e. The van der Waals surface area contributed by atoms with Gasteiger partial charge in [0, 0.05) is 12.3 Å². The third kappa shape index (κ3) is 2.25. The van der Waals surface area contributed by atoms with Gasteiger partial charge in [-0.2, -0.15) is 0 Å². The number of furan rings is 1. The van der Waals surface area contributed by atoms with Gasteiger partial charge in [0.25, 0.3) is 0 Å². The van der Waals surface area contributed by atoms with Crippen LogP contribution >= 0.6 is 0 Å². The van der Waals surface area contributed by atoms with Crippen LogP contribution in [-0.4, -0.2) is 5.78 Å². The van der Waals surface area contributed by atoms with Crippen LogP contribution < -0.4 is 0 Å². The van der Waals surface area contributed by atoms with E-state index in [1.54, 1.807) is 12.5 Å². The fourth-order valence-corrected chi connectivity index (χ4v) is 2.16. The number of carbonyl (C=O) groups excluding carboxylic acids is 1. The van der Waals surface area contributed by atoms with Crippen molar-refractivity contribution in [2.45, 2.75) is 38.5 Å². The molecule has 0 atom stereocenters. The molecule has 1 aliphatic carbocycles. The Morgan fingerprint density at radius 3 is 2.79 bits per heavy atom. The van der Waals surface area contributed by atoms with E-state index >= 15 is 0 Å². The molecular formula is C12H16O2. The fourth-order valence-electron chi connectivity index (χ4n) is 2.16. The van der Waals surface area contributed by atoms with Crippen LogP contribution in [0.1, 0.15) is 37.7 Å². The van der Waals surface area contributed by atoms with E-state index in [4.69, 9.17) is 4.42 Å². The van der Waals surface area contributed by atoms with E-state index in [9.17, 15) is 4.79 Å². The summed E-state index contributed by atoms with van der Waals surface area (Å²) >= 11 is 0. The first-order valence-corrected chi connectivity index (χ1v) is 5.40. The number of rotatable bonds is 3. The maximum Gasteiger partial charge on any atom is 0.140 e. The van der Waals surface area contributed by atoms with Crippen molar-refractivity contribution in [3.8, 4) is 0 Å². The van der Waals surface area contributed by atoms with Gasteiger partial charge >= 0.3 is 0 Å². The standard InChI is InChI=1S/C12H16O2/c13-12(8-10-6-7-14-9-10)11-4-2-1-3-5-11/h6-7,9,11H,1-5,8H2. The van der Waals surface area contributed by atoms with Crippen LogP contribution in [-0.2, 0) is 11.2 Å². The molecule has 2 heteroatoms. The highest BCUT2D eigenvalue weighted by molar-refractivity contribution is 5.83. The molecule has 2 nitrogen and oxygen atoms in total. The Morgan fingerprint density at radius 2 is 2.14 bits per heavy atom. The third-order valence-electron chi connectivity index (χ3n) is 3.02. The Kier molecular flexibility index (Phi) is 3.02. The molecular weight excluding hydrogens is 176 g/mol. The molecule has 1 saturated carbocycles. The quantitative estimate of drug-likeness (QED) is 0.737. The van der Waals surface area contributed by atoms with E-state index in [1.165, 1.54) is 19.3 Å².